The van der Waals surface area contributed by atoms with Gasteiger partial charge in [0.2, 0.25) is 0 Å². The smallest absolute Gasteiger partial charge is 0.295 e. The van der Waals surface area contributed by atoms with Crippen molar-refractivity contribution in [3.63, 3.8) is 0 Å². The minimum absolute atomic E-state index is 0.0357. The van der Waals surface area contributed by atoms with E-state index in [0.717, 1.165) is 16.7 Å². The van der Waals surface area contributed by atoms with Crippen LogP contribution >= 0.6 is 0 Å². The molecule has 2 aromatic carbocycles. The molecule has 0 spiro atoms. The number of pyridine rings is 2. The summed E-state index contributed by atoms with van der Waals surface area (Å²) >= 11 is 0. The number of carbonyl (C=O) groups excluding carboxylic acids is 2. The van der Waals surface area contributed by atoms with Gasteiger partial charge in [-0.3, -0.25) is 19.6 Å². The first kappa shape index (κ1) is 23.9. The Bertz CT molecular complexity index is 1450. The molecule has 37 heavy (non-hydrogen) atoms. The number of likely N-dealkylation sites (tertiary alicyclic amines) is 1. The number of ketones is 1. The number of aryl methyl sites for hydroxylation is 1. The molecule has 1 aliphatic rings. The van der Waals surface area contributed by atoms with Gasteiger partial charge in [-0.1, -0.05) is 35.9 Å². The van der Waals surface area contributed by atoms with Crippen molar-refractivity contribution >= 4 is 17.4 Å². The summed E-state index contributed by atoms with van der Waals surface area (Å²) < 4.78 is 5.88. The minimum atomic E-state index is -0.763. The second kappa shape index (κ2) is 10.5. The van der Waals surface area contributed by atoms with Crippen molar-refractivity contribution in [2.45, 2.75) is 26.1 Å². The molecule has 7 heteroatoms. The second-order valence-corrected chi connectivity index (χ2v) is 8.87. The summed E-state index contributed by atoms with van der Waals surface area (Å²) in [5, 5.41) is 11.3. The van der Waals surface area contributed by atoms with Gasteiger partial charge in [-0.25, -0.2) is 0 Å². The monoisotopic (exact) mass is 491 g/mol. The van der Waals surface area contributed by atoms with E-state index in [9.17, 15) is 14.7 Å². The molecule has 7 nitrogen and oxygen atoms in total. The zero-order valence-corrected chi connectivity index (χ0v) is 20.2. The zero-order chi connectivity index (χ0) is 25.8. The van der Waals surface area contributed by atoms with Crippen LogP contribution in [0.5, 0.6) is 5.75 Å². The Labute approximate surface area is 214 Å². The van der Waals surface area contributed by atoms with Crippen molar-refractivity contribution in [3.05, 3.63) is 131 Å². The SMILES string of the molecule is Cc1cccc(COc2ccc(/C(O)=C3/C(=O)C(=O)N(Cc4cccnc4)C3c3ccncc3)cc2)c1. The first-order valence-corrected chi connectivity index (χ1v) is 11.9. The molecule has 1 fully saturated rings. The summed E-state index contributed by atoms with van der Waals surface area (Å²) in [7, 11) is 0. The molecule has 0 aliphatic carbocycles. The maximum atomic E-state index is 13.2. The quantitative estimate of drug-likeness (QED) is 0.223. The molecular weight excluding hydrogens is 466 g/mol. The van der Waals surface area contributed by atoms with Gasteiger partial charge in [0, 0.05) is 36.9 Å². The number of aliphatic hydroxyl groups excluding tert-OH is 1. The summed E-state index contributed by atoms with van der Waals surface area (Å²) in [5.74, 6) is -1.02. The lowest BCUT2D eigenvalue weighted by Crippen LogP contribution is -2.29. The molecule has 4 aromatic rings. The Balaban J connectivity index is 1.45. The van der Waals surface area contributed by atoms with Gasteiger partial charge in [-0.05, 0) is 66.1 Å². The van der Waals surface area contributed by atoms with Crippen LogP contribution in [0.2, 0.25) is 0 Å². The third kappa shape index (κ3) is 5.11. The Hall–Kier alpha value is -4.78. The van der Waals surface area contributed by atoms with Gasteiger partial charge < -0.3 is 14.7 Å². The summed E-state index contributed by atoms with van der Waals surface area (Å²) in [6, 6.07) is 21.2. The van der Waals surface area contributed by atoms with E-state index >= 15 is 0 Å². The predicted molar refractivity (Wildman–Crippen MR) is 138 cm³/mol. The molecule has 0 saturated carbocycles. The van der Waals surface area contributed by atoms with E-state index in [1.54, 1.807) is 67.3 Å². The minimum Gasteiger partial charge on any atom is -0.507 e. The van der Waals surface area contributed by atoms with Crippen LogP contribution in [0.25, 0.3) is 5.76 Å². The topological polar surface area (TPSA) is 92.6 Å². The van der Waals surface area contributed by atoms with E-state index in [4.69, 9.17) is 4.74 Å². The number of carbonyl (C=O) groups is 2. The highest BCUT2D eigenvalue weighted by Crippen LogP contribution is 2.40. The third-order valence-corrected chi connectivity index (χ3v) is 6.25. The van der Waals surface area contributed by atoms with E-state index in [-0.39, 0.29) is 17.9 Å². The normalized spacial score (nSPS) is 16.7. The molecular formula is C30H25N3O4. The highest BCUT2D eigenvalue weighted by molar-refractivity contribution is 6.46. The summed E-state index contributed by atoms with van der Waals surface area (Å²) in [6.07, 6.45) is 6.49. The van der Waals surface area contributed by atoms with E-state index in [1.807, 2.05) is 31.2 Å². The molecule has 1 aliphatic heterocycles. The number of rotatable bonds is 7. The highest BCUT2D eigenvalue weighted by atomic mass is 16.5. The van der Waals surface area contributed by atoms with Gasteiger partial charge in [0.15, 0.2) is 0 Å². The highest BCUT2D eigenvalue weighted by Gasteiger charge is 2.46. The number of Topliss-reactive ketones (excluding diaryl/α,β-unsaturated/α-hetero) is 1. The molecule has 184 valence electrons. The number of benzene rings is 2. The molecule has 1 atom stereocenters. The molecule has 1 amide bonds. The number of amides is 1. The molecule has 2 aromatic heterocycles. The Morgan fingerprint density at radius 2 is 1.68 bits per heavy atom. The fourth-order valence-corrected chi connectivity index (χ4v) is 4.46. The van der Waals surface area contributed by atoms with Crippen LogP contribution in [0.15, 0.2) is 103 Å². The van der Waals surface area contributed by atoms with Crippen LogP contribution < -0.4 is 4.74 Å². The van der Waals surface area contributed by atoms with Crippen molar-refractivity contribution in [1.82, 2.24) is 14.9 Å². The third-order valence-electron chi connectivity index (χ3n) is 6.25. The number of aliphatic hydroxyl groups is 1. The first-order valence-electron chi connectivity index (χ1n) is 11.9. The fraction of sp³-hybridized carbons (Fsp3) is 0.133. The Morgan fingerprint density at radius 3 is 2.38 bits per heavy atom. The number of aromatic nitrogens is 2. The largest absolute Gasteiger partial charge is 0.507 e. The number of nitrogens with zero attached hydrogens (tertiary/aromatic N) is 3. The van der Waals surface area contributed by atoms with E-state index < -0.39 is 17.7 Å². The summed E-state index contributed by atoms with van der Waals surface area (Å²) in [4.78, 5) is 35.9. The van der Waals surface area contributed by atoms with Gasteiger partial charge in [-0.2, -0.15) is 0 Å². The van der Waals surface area contributed by atoms with Gasteiger partial charge in [0.05, 0.1) is 11.6 Å². The zero-order valence-electron chi connectivity index (χ0n) is 20.2. The van der Waals surface area contributed by atoms with Gasteiger partial charge >= 0.3 is 0 Å². The standard InChI is InChI=1S/C30H25N3O4/c1-20-4-2-5-21(16-20)19-37-25-9-7-24(8-10-25)28(34)26-27(23-11-14-31-15-12-23)33(30(36)29(26)35)18-22-6-3-13-32-17-22/h2-17,27,34H,18-19H2,1H3/b28-26-. The Kier molecular flexibility index (Phi) is 6.76. The van der Waals surface area contributed by atoms with Gasteiger partial charge in [-0.15, -0.1) is 0 Å². The molecule has 1 unspecified atom stereocenters. The summed E-state index contributed by atoms with van der Waals surface area (Å²) in [5.41, 5.74) is 4.12. The van der Waals surface area contributed by atoms with Crippen molar-refractivity contribution < 1.29 is 19.4 Å². The van der Waals surface area contributed by atoms with Gasteiger partial charge in [0.25, 0.3) is 11.7 Å². The fourth-order valence-electron chi connectivity index (χ4n) is 4.46. The first-order chi connectivity index (χ1) is 18.0. The Morgan fingerprint density at radius 1 is 0.919 bits per heavy atom. The molecule has 0 bridgehead atoms. The lowest BCUT2D eigenvalue weighted by molar-refractivity contribution is -0.140. The van der Waals surface area contributed by atoms with Gasteiger partial charge in [0.1, 0.15) is 18.1 Å². The average Bonchev–Trinajstić information content (AvgIpc) is 3.18. The lowest BCUT2D eigenvalue weighted by atomic mass is 9.96. The second-order valence-electron chi connectivity index (χ2n) is 8.87. The lowest BCUT2D eigenvalue weighted by Gasteiger charge is -2.25. The van der Waals surface area contributed by atoms with Crippen molar-refractivity contribution in [3.8, 4) is 5.75 Å². The molecule has 5 rings (SSSR count). The van der Waals surface area contributed by atoms with Crippen molar-refractivity contribution in [2.24, 2.45) is 0 Å². The predicted octanol–water partition coefficient (Wildman–Crippen LogP) is 4.99. The molecule has 0 radical (unpaired) electrons. The molecule has 3 heterocycles. The van der Waals surface area contributed by atoms with Crippen LogP contribution in [0, 0.1) is 6.92 Å². The van der Waals surface area contributed by atoms with Crippen LogP contribution in [0.1, 0.15) is 33.9 Å². The van der Waals surface area contributed by atoms with Crippen LogP contribution in [-0.4, -0.2) is 31.7 Å². The van der Waals surface area contributed by atoms with E-state index in [0.29, 0.717) is 23.5 Å². The van der Waals surface area contributed by atoms with E-state index in [1.165, 1.54) is 4.90 Å². The maximum Gasteiger partial charge on any atom is 0.295 e. The van der Waals surface area contributed by atoms with Crippen LogP contribution in [0.4, 0.5) is 0 Å². The average molecular weight is 492 g/mol. The van der Waals surface area contributed by atoms with Crippen LogP contribution in [0.3, 0.4) is 0 Å². The van der Waals surface area contributed by atoms with Crippen molar-refractivity contribution in [2.75, 3.05) is 0 Å². The molecule has 1 saturated heterocycles. The maximum absolute atomic E-state index is 13.2. The number of hydrogen-bond donors (Lipinski definition) is 1. The number of ether oxygens (including phenoxy) is 1. The molecule has 1 N–H and O–H groups in total. The number of hydrogen-bond acceptors (Lipinski definition) is 6. The van der Waals surface area contributed by atoms with Crippen LogP contribution in [-0.2, 0) is 22.7 Å². The van der Waals surface area contributed by atoms with E-state index in [2.05, 4.69) is 16.0 Å². The van der Waals surface area contributed by atoms with Crippen molar-refractivity contribution in [1.29, 1.82) is 0 Å². The summed E-state index contributed by atoms with van der Waals surface area (Å²) in [6.45, 7) is 2.61.